The lowest BCUT2D eigenvalue weighted by atomic mass is 9.92. The number of amides is 1. The fourth-order valence-electron chi connectivity index (χ4n) is 11.1. The van der Waals surface area contributed by atoms with Crippen LogP contribution in [0.3, 0.4) is 0 Å². The number of rotatable bonds is 6. The van der Waals surface area contributed by atoms with E-state index in [1.165, 1.54) is 134 Å². The lowest BCUT2D eigenvalue weighted by Gasteiger charge is -2.52. The quantitative estimate of drug-likeness (QED) is 0.284. The van der Waals surface area contributed by atoms with Crippen LogP contribution in [-0.2, 0) is 4.79 Å². The highest BCUT2D eigenvalue weighted by molar-refractivity contribution is 7.77. The number of carbonyl (C=O) groups is 1. The van der Waals surface area contributed by atoms with Crippen molar-refractivity contribution in [1.29, 1.82) is 0 Å². The summed E-state index contributed by atoms with van der Waals surface area (Å²) in [5.74, 6) is 4.56. The number of likely N-dealkylation sites (tertiary alicyclic amines) is 1. The van der Waals surface area contributed by atoms with E-state index in [9.17, 15) is 4.79 Å². The van der Waals surface area contributed by atoms with Crippen LogP contribution in [0.15, 0.2) is 48.1 Å². The zero-order valence-electron chi connectivity index (χ0n) is 31.5. The summed E-state index contributed by atoms with van der Waals surface area (Å²) in [6.45, 7) is 12.9. The number of carbonyl (C=O) groups excluding carboxylic acids is 1. The van der Waals surface area contributed by atoms with E-state index < -0.39 is 6.89 Å². The Morgan fingerprint density at radius 2 is 1.06 bits per heavy atom. The van der Waals surface area contributed by atoms with Crippen LogP contribution < -0.4 is 9.80 Å². The average Bonchev–Trinajstić information content (AvgIpc) is 3.69. The molecule has 1 amide bonds. The molecule has 4 nitrogen and oxygen atoms in total. The van der Waals surface area contributed by atoms with Crippen molar-refractivity contribution in [2.75, 3.05) is 16.3 Å². The Morgan fingerprint density at radius 3 is 1.51 bits per heavy atom. The molecule has 2 aliphatic heterocycles. The van der Waals surface area contributed by atoms with Crippen LogP contribution in [-0.4, -0.2) is 40.2 Å². The molecule has 49 heavy (non-hydrogen) atoms. The lowest BCUT2D eigenvalue weighted by molar-refractivity contribution is -0.124. The molecule has 5 heteroatoms. The predicted molar refractivity (Wildman–Crippen MR) is 212 cm³/mol. The molecule has 4 fully saturated rings. The van der Waals surface area contributed by atoms with E-state index in [1.54, 1.807) is 5.57 Å². The maximum atomic E-state index is 13.6. The second-order valence-corrected chi connectivity index (χ2v) is 20.5. The number of hydrogen-bond acceptors (Lipinski definition) is 3. The minimum atomic E-state index is -1.78. The van der Waals surface area contributed by atoms with Crippen LogP contribution in [0.5, 0.6) is 0 Å². The van der Waals surface area contributed by atoms with Gasteiger partial charge in [0.15, 0.2) is 0 Å². The number of benzene rings is 2. The van der Waals surface area contributed by atoms with E-state index in [0.717, 1.165) is 37.1 Å². The van der Waals surface area contributed by atoms with Crippen molar-refractivity contribution >= 4 is 30.1 Å². The smallest absolute Gasteiger partial charge is 0.226 e. The van der Waals surface area contributed by atoms with Crippen molar-refractivity contribution in [2.45, 2.75) is 161 Å². The SMILES string of the molecule is Cc1cc(C)c(N2C=CN(c3c(C)cc(C)cc3C)C2=C2CCCCC2P(=CN2CCCC2=O)(C2CCCCC2)C2CCCCC2)c(C)c1. The van der Waals surface area contributed by atoms with Crippen LogP contribution in [0.2, 0.25) is 0 Å². The minimum absolute atomic E-state index is 0.392. The van der Waals surface area contributed by atoms with Gasteiger partial charge in [0.25, 0.3) is 0 Å². The molecule has 264 valence electrons. The summed E-state index contributed by atoms with van der Waals surface area (Å²) < 4.78 is 0. The average molecular weight is 680 g/mol. The third-order valence-electron chi connectivity index (χ3n) is 12.8. The molecule has 2 aromatic carbocycles. The van der Waals surface area contributed by atoms with Crippen molar-refractivity contribution in [3.8, 4) is 0 Å². The highest BCUT2D eigenvalue weighted by Crippen LogP contribution is 2.70. The van der Waals surface area contributed by atoms with Gasteiger partial charge in [0.1, 0.15) is 5.82 Å². The van der Waals surface area contributed by atoms with E-state index in [2.05, 4.69) is 98.8 Å². The summed E-state index contributed by atoms with van der Waals surface area (Å²) in [5.41, 5.74) is 14.5. The highest BCUT2D eigenvalue weighted by atomic mass is 31.2. The molecule has 2 aromatic rings. The second kappa shape index (κ2) is 14.5. The molecule has 2 heterocycles. The van der Waals surface area contributed by atoms with Gasteiger partial charge in [0.05, 0.1) is 11.4 Å². The zero-order chi connectivity index (χ0) is 34.3. The molecule has 0 radical (unpaired) electrons. The van der Waals surface area contributed by atoms with Gasteiger partial charge in [-0.2, -0.15) is 0 Å². The van der Waals surface area contributed by atoms with E-state index in [4.69, 9.17) is 0 Å². The first-order chi connectivity index (χ1) is 23.7. The van der Waals surface area contributed by atoms with Gasteiger partial charge in [-0.1, -0.05) is 87.2 Å². The van der Waals surface area contributed by atoms with Crippen LogP contribution in [0, 0.1) is 41.5 Å². The summed E-state index contributed by atoms with van der Waals surface area (Å²) in [6, 6.07) is 9.48. The molecule has 3 aliphatic carbocycles. The lowest BCUT2D eigenvalue weighted by Crippen LogP contribution is -2.39. The first kappa shape index (κ1) is 34.7. The van der Waals surface area contributed by atoms with E-state index >= 15 is 0 Å². The normalized spacial score (nSPS) is 22.9. The van der Waals surface area contributed by atoms with E-state index in [-0.39, 0.29) is 0 Å². The van der Waals surface area contributed by atoms with Gasteiger partial charge in [0, 0.05) is 36.9 Å². The third-order valence-corrected chi connectivity index (χ3v) is 18.7. The fraction of sp³-hybridized carbons (Fsp3) is 0.591. The van der Waals surface area contributed by atoms with Gasteiger partial charge in [-0.05, 0) is 132 Å². The Kier molecular flexibility index (Phi) is 10.3. The molecule has 1 atom stereocenters. The molecular formula is C44H62N3OP. The molecule has 1 saturated heterocycles. The minimum Gasteiger partial charge on any atom is -0.319 e. The van der Waals surface area contributed by atoms with Gasteiger partial charge in [-0.3, -0.25) is 4.79 Å². The Balaban J connectivity index is 1.51. The third kappa shape index (κ3) is 6.50. The standard InChI is InChI=1S/C44H62N3OP/c1-31-26-33(3)42(34(4)27-31)46-24-25-47(43-35(5)28-32(2)29-36(43)6)44(46)39-20-13-14-21-40(39)49(37-16-9-7-10-17-37,38-18-11-8-12-19-38)30-45-23-15-22-41(45)48/h24-30,37-38,40H,7-23H2,1-6H3. The number of anilines is 2. The maximum Gasteiger partial charge on any atom is 0.226 e. The Labute approximate surface area is 298 Å². The van der Waals surface area contributed by atoms with Crippen LogP contribution in [0.4, 0.5) is 11.4 Å². The molecule has 0 N–H and O–H groups in total. The molecule has 0 aromatic heterocycles. The largest absolute Gasteiger partial charge is 0.319 e. The maximum absolute atomic E-state index is 13.6. The predicted octanol–water partition coefficient (Wildman–Crippen LogP) is 11.6. The first-order valence-electron chi connectivity index (χ1n) is 19.9. The van der Waals surface area contributed by atoms with Gasteiger partial charge in [0.2, 0.25) is 5.91 Å². The molecule has 0 spiro atoms. The summed E-state index contributed by atoms with van der Waals surface area (Å²) in [5, 5.41) is 0. The number of hydrogen-bond donors (Lipinski definition) is 0. The summed E-state index contributed by atoms with van der Waals surface area (Å²) in [7, 11) is 0. The van der Waals surface area contributed by atoms with E-state index in [0.29, 0.717) is 11.6 Å². The van der Waals surface area contributed by atoms with Gasteiger partial charge < -0.3 is 14.7 Å². The van der Waals surface area contributed by atoms with Gasteiger partial charge in [-0.15, -0.1) is 0 Å². The summed E-state index contributed by atoms with van der Waals surface area (Å²) >= 11 is 0. The Bertz CT molecular complexity index is 1550. The molecule has 3 saturated carbocycles. The number of nitrogens with zero attached hydrogens (tertiary/aromatic N) is 3. The van der Waals surface area contributed by atoms with Crippen molar-refractivity contribution < 1.29 is 4.79 Å². The summed E-state index contributed by atoms with van der Waals surface area (Å²) in [6.07, 6.45) is 25.2. The number of aryl methyl sites for hydroxylation is 6. The van der Waals surface area contributed by atoms with E-state index in [1.807, 2.05) is 0 Å². The molecule has 5 aliphatic rings. The second-order valence-electron chi connectivity index (χ2n) is 16.4. The van der Waals surface area contributed by atoms with Crippen molar-refractivity contribution in [2.24, 2.45) is 0 Å². The van der Waals surface area contributed by atoms with Crippen LogP contribution >= 0.6 is 6.89 Å². The molecule has 1 unspecified atom stereocenters. The van der Waals surface area contributed by atoms with Crippen molar-refractivity contribution in [1.82, 2.24) is 4.90 Å². The van der Waals surface area contributed by atoms with Crippen molar-refractivity contribution in [3.63, 3.8) is 0 Å². The topological polar surface area (TPSA) is 26.8 Å². The summed E-state index contributed by atoms with van der Waals surface area (Å²) in [4.78, 5) is 21.1. The first-order valence-corrected chi connectivity index (χ1v) is 21.9. The van der Waals surface area contributed by atoms with Crippen LogP contribution in [0.1, 0.15) is 136 Å². The number of allylic oxidation sites excluding steroid dienone is 1. The molecule has 0 bridgehead atoms. The Morgan fingerprint density at radius 1 is 0.592 bits per heavy atom. The molecule has 7 rings (SSSR count). The molecular weight excluding hydrogens is 617 g/mol. The highest BCUT2D eigenvalue weighted by Gasteiger charge is 2.47. The van der Waals surface area contributed by atoms with Crippen LogP contribution in [0.25, 0.3) is 0 Å². The van der Waals surface area contributed by atoms with Gasteiger partial charge in [-0.25, -0.2) is 0 Å². The van der Waals surface area contributed by atoms with Crippen molar-refractivity contribution in [3.05, 3.63) is 81.4 Å². The zero-order valence-corrected chi connectivity index (χ0v) is 32.4. The Hall–Kier alpha value is -2.71. The fourth-order valence-corrected chi connectivity index (χ4v) is 17.9. The van der Waals surface area contributed by atoms with Gasteiger partial charge >= 0.3 is 0 Å². The monoisotopic (exact) mass is 679 g/mol.